The van der Waals surface area contributed by atoms with Crippen molar-refractivity contribution in [1.82, 2.24) is 9.97 Å². The molecule has 1 aromatic heterocycles. The van der Waals surface area contributed by atoms with Crippen LogP contribution in [0.25, 0.3) is 0 Å². The molecule has 0 aliphatic heterocycles. The zero-order chi connectivity index (χ0) is 5.82. The van der Waals surface area contributed by atoms with Crippen LogP contribution < -0.4 is 0 Å². The summed E-state index contributed by atoms with van der Waals surface area (Å²) in [5, 5.41) is 2.57. The highest BCUT2D eigenvalue weighted by Gasteiger charge is 1.83. The minimum Gasteiger partial charge on any atom is -0.245 e. The first-order valence-corrected chi connectivity index (χ1v) is 2.03. The van der Waals surface area contributed by atoms with Crippen LogP contribution in [0.5, 0.6) is 0 Å². The molecule has 0 fully saturated rings. The topological polar surface area (TPSA) is 55.2 Å². The van der Waals surface area contributed by atoms with E-state index in [0.29, 0.717) is 0 Å². The van der Waals surface area contributed by atoms with E-state index < -0.39 is 0 Å². The van der Waals surface area contributed by atoms with Crippen LogP contribution >= 0.6 is 0 Å². The van der Waals surface area contributed by atoms with Crippen molar-refractivity contribution >= 4 is 5.82 Å². The van der Waals surface area contributed by atoms with Gasteiger partial charge in [0.05, 0.1) is 0 Å². The molecular weight excluding hydrogens is 106 g/mol. The van der Waals surface area contributed by atoms with E-state index in [0.717, 1.165) is 0 Å². The Morgan fingerprint density at radius 1 is 1.62 bits per heavy atom. The second kappa shape index (κ2) is 2.11. The average molecular weight is 109 g/mol. The van der Waals surface area contributed by atoms with Crippen LogP contribution in [0, 0.1) is 4.91 Å². The Balaban J connectivity index is 2.99. The van der Waals surface area contributed by atoms with E-state index in [2.05, 4.69) is 15.1 Å². The first-order valence-electron chi connectivity index (χ1n) is 2.03. The Morgan fingerprint density at radius 2 is 2.50 bits per heavy atom. The summed E-state index contributed by atoms with van der Waals surface area (Å²) in [6, 6.07) is 1.44. The SMILES string of the molecule is O=Nc1ccncn1. The summed E-state index contributed by atoms with van der Waals surface area (Å²) in [6.45, 7) is 0. The summed E-state index contributed by atoms with van der Waals surface area (Å²) in [7, 11) is 0. The van der Waals surface area contributed by atoms with Gasteiger partial charge >= 0.3 is 0 Å². The molecule has 0 saturated carbocycles. The molecule has 1 aromatic rings. The molecule has 0 spiro atoms. The highest BCUT2D eigenvalue weighted by molar-refractivity contribution is 5.21. The fraction of sp³-hybridized carbons (Fsp3) is 0. The molecule has 0 bridgehead atoms. The van der Waals surface area contributed by atoms with Crippen LogP contribution in [0.3, 0.4) is 0 Å². The van der Waals surface area contributed by atoms with Gasteiger partial charge < -0.3 is 0 Å². The summed E-state index contributed by atoms with van der Waals surface area (Å²) in [4.78, 5) is 16.8. The second-order valence-electron chi connectivity index (χ2n) is 1.16. The molecule has 0 unspecified atom stereocenters. The van der Waals surface area contributed by atoms with E-state index >= 15 is 0 Å². The molecule has 0 saturated heterocycles. The number of nitroso groups, excluding NO2 is 1. The first kappa shape index (κ1) is 4.83. The number of hydrogen-bond donors (Lipinski definition) is 0. The van der Waals surface area contributed by atoms with Gasteiger partial charge in [-0.15, -0.1) is 4.91 Å². The maximum atomic E-state index is 9.67. The van der Waals surface area contributed by atoms with Gasteiger partial charge in [0.25, 0.3) is 0 Å². The number of nitrogens with zero attached hydrogens (tertiary/aromatic N) is 3. The molecule has 40 valence electrons. The van der Waals surface area contributed by atoms with Crippen LogP contribution in [0.4, 0.5) is 5.82 Å². The fourth-order valence-corrected chi connectivity index (χ4v) is 0.338. The van der Waals surface area contributed by atoms with Crippen molar-refractivity contribution in [2.45, 2.75) is 0 Å². The van der Waals surface area contributed by atoms with Crippen molar-refractivity contribution < 1.29 is 0 Å². The van der Waals surface area contributed by atoms with Crippen LogP contribution in [-0.2, 0) is 0 Å². The molecule has 0 radical (unpaired) electrons. The molecule has 0 atom stereocenters. The Kier molecular flexibility index (Phi) is 1.27. The zero-order valence-electron chi connectivity index (χ0n) is 3.98. The molecule has 0 aliphatic carbocycles. The average Bonchev–Trinajstić information content (AvgIpc) is 1.90. The zero-order valence-corrected chi connectivity index (χ0v) is 3.98. The van der Waals surface area contributed by atoms with Crippen LogP contribution in [0.1, 0.15) is 0 Å². The number of hydrogen-bond acceptors (Lipinski definition) is 4. The van der Waals surface area contributed by atoms with E-state index in [1.807, 2.05) is 0 Å². The number of rotatable bonds is 1. The van der Waals surface area contributed by atoms with Gasteiger partial charge in [-0.2, -0.15) is 0 Å². The van der Waals surface area contributed by atoms with Crippen molar-refractivity contribution in [1.29, 1.82) is 0 Å². The Morgan fingerprint density at radius 3 is 2.88 bits per heavy atom. The van der Waals surface area contributed by atoms with Gasteiger partial charge in [-0.1, -0.05) is 0 Å². The second-order valence-corrected chi connectivity index (χ2v) is 1.16. The summed E-state index contributed by atoms with van der Waals surface area (Å²) >= 11 is 0. The molecular formula is C4H3N3O. The van der Waals surface area contributed by atoms with E-state index in [1.165, 1.54) is 18.6 Å². The van der Waals surface area contributed by atoms with Gasteiger partial charge in [0.1, 0.15) is 6.33 Å². The predicted octanol–water partition coefficient (Wildman–Crippen LogP) is 0.875. The van der Waals surface area contributed by atoms with Gasteiger partial charge in [0, 0.05) is 12.3 Å². The summed E-state index contributed by atoms with van der Waals surface area (Å²) in [6.07, 6.45) is 2.74. The molecule has 1 heterocycles. The smallest absolute Gasteiger partial charge is 0.199 e. The lowest BCUT2D eigenvalue weighted by Gasteiger charge is -1.79. The van der Waals surface area contributed by atoms with Crippen molar-refractivity contribution in [3.63, 3.8) is 0 Å². The predicted molar refractivity (Wildman–Crippen MR) is 27.5 cm³/mol. The lowest BCUT2D eigenvalue weighted by atomic mass is 10.6. The lowest BCUT2D eigenvalue weighted by Crippen LogP contribution is -1.71. The first-order chi connectivity index (χ1) is 3.93. The largest absolute Gasteiger partial charge is 0.245 e. The molecule has 4 nitrogen and oxygen atoms in total. The normalized spacial score (nSPS) is 8.50. The summed E-state index contributed by atoms with van der Waals surface area (Å²) in [5.41, 5.74) is 0. The van der Waals surface area contributed by atoms with E-state index in [4.69, 9.17) is 0 Å². The van der Waals surface area contributed by atoms with Crippen molar-refractivity contribution in [3.05, 3.63) is 23.5 Å². The highest BCUT2D eigenvalue weighted by atomic mass is 16.3. The van der Waals surface area contributed by atoms with E-state index in [9.17, 15) is 4.91 Å². The van der Waals surface area contributed by atoms with Crippen molar-refractivity contribution in [3.8, 4) is 0 Å². The maximum absolute atomic E-state index is 9.67. The number of aromatic nitrogens is 2. The molecule has 0 N–H and O–H groups in total. The highest BCUT2D eigenvalue weighted by Crippen LogP contribution is 1.99. The summed E-state index contributed by atoms with van der Waals surface area (Å²) < 4.78 is 0. The van der Waals surface area contributed by atoms with Crippen LogP contribution in [-0.4, -0.2) is 9.97 Å². The van der Waals surface area contributed by atoms with Gasteiger partial charge in [0.2, 0.25) is 0 Å². The van der Waals surface area contributed by atoms with Crippen molar-refractivity contribution in [2.75, 3.05) is 0 Å². The van der Waals surface area contributed by atoms with Gasteiger partial charge in [-0.3, -0.25) is 0 Å². The minimum absolute atomic E-state index is 0.167. The van der Waals surface area contributed by atoms with Gasteiger partial charge in [-0.25, -0.2) is 9.97 Å². The lowest BCUT2D eigenvalue weighted by molar-refractivity contribution is 1.15. The van der Waals surface area contributed by atoms with Gasteiger partial charge in [-0.05, 0) is 5.18 Å². The maximum Gasteiger partial charge on any atom is 0.199 e. The molecule has 4 heteroatoms. The molecule has 8 heavy (non-hydrogen) atoms. The molecule has 0 aliphatic rings. The van der Waals surface area contributed by atoms with Crippen LogP contribution in [0.2, 0.25) is 0 Å². The monoisotopic (exact) mass is 109 g/mol. The third-order valence-electron chi connectivity index (χ3n) is 0.660. The Labute approximate surface area is 45.6 Å². The van der Waals surface area contributed by atoms with E-state index in [1.54, 1.807) is 0 Å². The van der Waals surface area contributed by atoms with Crippen LogP contribution in [0.15, 0.2) is 23.8 Å². The molecule has 1 rings (SSSR count). The molecule has 0 aromatic carbocycles. The van der Waals surface area contributed by atoms with Gasteiger partial charge in [0.15, 0.2) is 5.82 Å². The minimum atomic E-state index is 0.167. The molecule has 0 amide bonds. The fourth-order valence-electron chi connectivity index (χ4n) is 0.338. The Hall–Kier alpha value is -1.32. The quantitative estimate of drug-likeness (QED) is 0.503. The Bertz CT molecular complexity index is 174. The standard InChI is InChI=1S/C4H3N3O/c8-7-4-1-2-5-3-6-4/h1-3H. The third-order valence-corrected chi connectivity index (χ3v) is 0.660. The van der Waals surface area contributed by atoms with Crippen molar-refractivity contribution in [2.24, 2.45) is 5.18 Å². The summed E-state index contributed by atoms with van der Waals surface area (Å²) in [5.74, 6) is 0.167. The van der Waals surface area contributed by atoms with E-state index in [-0.39, 0.29) is 5.82 Å². The third kappa shape index (κ3) is 0.841.